The number of ether oxygens (including phenoxy) is 3. The van der Waals surface area contributed by atoms with Crippen molar-refractivity contribution in [2.75, 3.05) is 26.8 Å². The van der Waals surface area contributed by atoms with E-state index in [0.29, 0.717) is 19.1 Å². The fourth-order valence-corrected chi connectivity index (χ4v) is 3.91. The van der Waals surface area contributed by atoms with Gasteiger partial charge in [-0.3, -0.25) is 9.88 Å². The molecular weight excluding hydrogens is 669 g/mol. The van der Waals surface area contributed by atoms with Crippen LogP contribution in [0.25, 0.3) is 0 Å². The molecule has 2 aromatic heterocycles. The third kappa shape index (κ3) is 15.3. The Morgan fingerprint density at radius 3 is 1.89 bits per heavy atom. The molecule has 0 aliphatic carbocycles. The zero-order valence-corrected chi connectivity index (χ0v) is 24.1. The average molecular weight is 698 g/mol. The number of hydrogen-bond donors (Lipinski definition) is 3. The summed E-state index contributed by atoms with van der Waals surface area (Å²) in [4.78, 5) is 37.7. The SMILES string of the molecule is COc1ncccc1CN1CC[C@]2(C[C@H](OCc3ccccn3)CO2)C1.O=C(O)C(F)(F)F.O=C(O)C(F)(F)F.O=C(O)C(F)(F)F. The van der Waals surface area contributed by atoms with Gasteiger partial charge in [-0.2, -0.15) is 39.5 Å². The Bertz CT molecular complexity index is 1240. The molecule has 1 spiro atoms. The zero-order valence-electron chi connectivity index (χ0n) is 24.1. The van der Waals surface area contributed by atoms with Crippen molar-refractivity contribution in [2.45, 2.75) is 56.2 Å². The topological polar surface area (TPSA) is 169 Å². The third-order valence-electron chi connectivity index (χ3n) is 5.93. The quantitative estimate of drug-likeness (QED) is 0.366. The maximum absolute atomic E-state index is 10.6. The van der Waals surface area contributed by atoms with Gasteiger partial charge in [-0.25, -0.2) is 19.4 Å². The van der Waals surface area contributed by atoms with E-state index in [1.165, 1.54) is 0 Å². The number of alkyl halides is 9. The molecule has 2 aromatic rings. The van der Waals surface area contributed by atoms with Gasteiger partial charge in [0.05, 0.1) is 37.7 Å². The number of hydrogen-bond acceptors (Lipinski definition) is 9. The number of halogens is 9. The number of carboxylic acids is 3. The smallest absolute Gasteiger partial charge is 0.481 e. The van der Waals surface area contributed by atoms with E-state index >= 15 is 0 Å². The zero-order chi connectivity index (χ0) is 36.1. The minimum atomic E-state index is -5.08. The number of carboxylic acid groups (broad SMARTS) is 3. The molecule has 0 amide bonds. The summed E-state index contributed by atoms with van der Waals surface area (Å²) in [6, 6.07) is 9.92. The van der Waals surface area contributed by atoms with Crippen LogP contribution >= 0.6 is 0 Å². The van der Waals surface area contributed by atoms with Crippen molar-refractivity contribution in [1.82, 2.24) is 14.9 Å². The number of aliphatic carboxylic acids is 3. The van der Waals surface area contributed by atoms with E-state index in [-0.39, 0.29) is 11.7 Å². The molecule has 0 radical (unpaired) electrons. The van der Waals surface area contributed by atoms with Crippen molar-refractivity contribution in [3.8, 4) is 5.88 Å². The number of nitrogens with zero attached hydrogens (tertiary/aromatic N) is 3. The van der Waals surface area contributed by atoms with E-state index < -0.39 is 36.4 Å². The van der Waals surface area contributed by atoms with E-state index in [4.69, 9.17) is 43.9 Å². The highest BCUT2D eigenvalue weighted by Crippen LogP contribution is 2.37. The van der Waals surface area contributed by atoms with Gasteiger partial charge in [-0.1, -0.05) is 12.1 Å². The first kappa shape index (κ1) is 40.8. The lowest BCUT2D eigenvalue weighted by molar-refractivity contribution is -0.193. The molecule has 21 heteroatoms. The molecule has 47 heavy (non-hydrogen) atoms. The van der Waals surface area contributed by atoms with Gasteiger partial charge < -0.3 is 29.5 Å². The maximum atomic E-state index is 10.6. The van der Waals surface area contributed by atoms with Crippen molar-refractivity contribution in [3.63, 3.8) is 0 Å². The lowest BCUT2D eigenvalue weighted by atomic mass is 9.98. The molecule has 2 aliphatic rings. The fraction of sp³-hybridized carbons (Fsp3) is 0.500. The van der Waals surface area contributed by atoms with E-state index in [0.717, 1.165) is 43.7 Å². The minimum Gasteiger partial charge on any atom is -0.481 e. The molecule has 0 aromatic carbocycles. The number of pyridine rings is 2. The predicted octanol–water partition coefficient (Wildman–Crippen LogP) is 4.34. The Labute approximate surface area is 259 Å². The van der Waals surface area contributed by atoms with Gasteiger partial charge in [0.1, 0.15) is 0 Å². The van der Waals surface area contributed by atoms with Crippen LogP contribution in [-0.2, 0) is 37.0 Å². The van der Waals surface area contributed by atoms with Crippen molar-refractivity contribution in [2.24, 2.45) is 0 Å². The lowest BCUT2D eigenvalue weighted by Crippen LogP contribution is -2.33. The predicted molar refractivity (Wildman–Crippen MR) is 138 cm³/mol. The molecule has 4 rings (SSSR count). The van der Waals surface area contributed by atoms with Crippen LogP contribution in [0, 0.1) is 0 Å². The summed E-state index contributed by atoms with van der Waals surface area (Å²) in [5, 5.41) is 21.4. The Balaban J connectivity index is 0.000000430. The van der Waals surface area contributed by atoms with Gasteiger partial charge in [0.25, 0.3) is 0 Å². The van der Waals surface area contributed by atoms with Crippen LogP contribution in [-0.4, -0.2) is 105 Å². The molecule has 264 valence electrons. The number of aromatic nitrogens is 2. The summed E-state index contributed by atoms with van der Waals surface area (Å²) in [6.07, 6.45) is -9.56. The van der Waals surface area contributed by atoms with Crippen LogP contribution in [0.3, 0.4) is 0 Å². The first-order chi connectivity index (χ1) is 21.6. The molecule has 0 saturated carbocycles. The molecule has 0 unspecified atom stereocenters. The number of methoxy groups -OCH3 is 1. The van der Waals surface area contributed by atoms with Gasteiger partial charge in [-0.05, 0) is 24.6 Å². The lowest BCUT2D eigenvalue weighted by Gasteiger charge is -2.23. The second-order valence-electron chi connectivity index (χ2n) is 9.49. The molecule has 12 nitrogen and oxygen atoms in total. The van der Waals surface area contributed by atoms with Crippen molar-refractivity contribution < 1.29 is 83.4 Å². The highest BCUT2D eigenvalue weighted by Gasteiger charge is 2.46. The summed E-state index contributed by atoms with van der Waals surface area (Å²) in [5.41, 5.74) is 2.00. The van der Waals surface area contributed by atoms with Crippen LogP contribution < -0.4 is 4.74 Å². The van der Waals surface area contributed by atoms with E-state index in [1.54, 1.807) is 19.5 Å². The number of rotatable bonds is 6. The number of carbonyl (C=O) groups is 3. The third-order valence-corrected chi connectivity index (χ3v) is 5.93. The van der Waals surface area contributed by atoms with Gasteiger partial charge in [0.2, 0.25) is 5.88 Å². The molecule has 4 heterocycles. The molecule has 2 fully saturated rings. The van der Waals surface area contributed by atoms with E-state index in [9.17, 15) is 39.5 Å². The first-order valence-electron chi connectivity index (χ1n) is 12.9. The monoisotopic (exact) mass is 697 g/mol. The fourth-order valence-electron chi connectivity index (χ4n) is 3.91. The summed E-state index contributed by atoms with van der Waals surface area (Å²) >= 11 is 0. The van der Waals surface area contributed by atoms with Gasteiger partial charge in [-0.15, -0.1) is 0 Å². The Morgan fingerprint density at radius 2 is 1.43 bits per heavy atom. The minimum absolute atomic E-state index is 0.0791. The number of likely N-dealkylation sites (tertiary alicyclic amines) is 1. The molecule has 2 atom stereocenters. The van der Waals surface area contributed by atoms with Crippen LogP contribution in [0.5, 0.6) is 5.88 Å². The van der Waals surface area contributed by atoms with Crippen LogP contribution in [0.4, 0.5) is 39.5 Å². The van der Waals surface area contributed by atoms with Crippen molar-refractivity contribution in [1.29, 1.82) is 0 Å². The highest BCUT2D eigenvalue weighted by atomic mass is 19.4. The second-order valence-corrected chi connectivity index (χ2v) is 9.49. The first-order valence-corrected chi connectivity index (χ1v) is 12.9. The molecular formula is C26H28F9N3O9. The summed E-state index contributed by atoms with van der Waals surface area (Å²) in [5.74, 6) is -7.56. The molecule has 3 N–H and O–H groups in total. The second kappa shape index (κ2) is 17.6. The normalized spacial score (nSPS) is 19.3. The van der Waals surface area contributed by atoms with Gasteiger partial charge in [0, 0.05) is 44.0 Å². The standard InChI is InChI=1S/C20H25N3O3.3C2HF3O2/c1-24-19-16(5-4-9-22-19)12-23-10-7-20(15-23)11-18(14-26-20)25-13-17-6-2-3-8-21-17;3*3-2(4,5)1(6)7/h2-6,8-9,18H,7,10-15H2,1H3;3*(H,6,7)/t18-,20-;;;/m0.../s1. The van der Waals surface area contributed by atoms with E-state index in [1.807, 2.05) is 24.3 Å². The summed E-state index contributed by atoms with van der Waals surface area (Å²) in [6.45, 7) is 3.99. The van der Waals surface area contributed by atoms with Crippen molar-refractivity contribution in [3.05, 3.63) is 54.0 Å². The van der Waals surface area contributed by atoms with Crippen molar-refractivity contribution >= 4 is 17.9 Å². The average Bonchev–Trinajstić information content (AvgIpc) is 3.57. The Morgan fingerprint density at radius 1 is 0.894 bits per heavy atom. The van der Waals surface area contributed by atoms with Crippen LogP contribution in [0.15, 0.2) is 42.7 Å². The molecule has 2 aliphatic heterocycles. The largest absolute Gasteiger partial charge is 0.490 e. The van der Waals surface area contributed by atoms with Gasteiger partial charge >= 0.3 is 36.4 Å². The maximum Gasteiger partial charge on any atom is 0.490 e. The van der Waals surface area contributed by atoms with Gasteiger partial charge in [0.15, 0.2) is 0 Å². The summed E-state index contributed by atoms with van der Waals surface area (Å²) < 4.78 is 113. The summed E-state index contributed by atoms with van der Waals surface area (Å²) in [7, 11) is 1.67. The van der Waals surface area contributed by atoms with E-state index in [2.05, 4.69) is 20.9 Å². The van der Waals surface area contributed by atoms with Crippen LogP contribution in [0.2, 0.25) is 0 Å². The Hall–Kier alpha value is -4.24. The highest BCUT2D eigenvalue weighted by molar-refractivity contribution is 5.73. The van der Waals surface area contributed by atoms with Crippen LogP contribution in [0.1, 0.15) is 24.1 Å². The Kier molecular flexibility index (Phi) is 15.3. The molecule has 2 saturated heterocycles. The molecule has 0 bridgehead atoms.